The van der Waals surface area contributed by atoms with Crippen molar-refractivity contribution in [2.45, 2.75) is 50.8 Å². The topological polar surface area (TPSA) is 85.1 Å². The van der Waals surface area contributed by atoms with Gasteiger partial charge >= 0.3 is 0 Å². The number of anilines is 1. The number of rotatable bonds is 5. The van der Waals surface area contributed by atoms with E-state index in [0.717, 1.165) is 25.7 Å². The van der Waals surface area contributed by atoms with Crippen molar-refractivity contribution in [1.82, 2.24) is 4.98 Å². The van der Waals surface area contributed by atoms with Gasteiger partial charge in [-0.05, 0) is 32.3 Å². The molecule has 3 atom stereocenters. The first-order chi connectivity index (χ1) is 10.0. The first-order valence-corrected chi connectivity index (χ1v) is 8.64. The van der Waals surface area contributed by atoms with Crippen molar-refractivity contribution < 1.29 is 9.13 Å². The van der Waals surface area contributed by atoms with Crippen molar-refractivity contribution in [3.8, 4) is 0 Å². The summed E-state index contributed by atoms with van der Waals surface area (Å²) in [5.74, 6) is 1.36. The number of hydrogen-bond donors (Lipinski definition) is 1. The number of nitrogens with one attached hydrogen (secondary N) is 1. The number of nitro groups is 1. The van der Waals surface area contributed by atoms with Crippen LogP contribution in [0.25, 0.3) is 0 Å². The van der Waals surface area contributed by atoms with Gasteiger partial charge in [0.1, 0.15) is 12.0 Å². The van der Waals surface area contributed by atoms with Crippen molar-refractivity contribution in [1.29, 1.82) is 0 Å². The fourth-order valence-corrected chi connectivity index (χ4v) is 4.13. The molecular weight excluding hydrogens is 290 g/mol. The predicted octanol–water partition coefficient (Wildman–Crippen LogP) is 2.79. The normalized spacial score (nSPS) is 23.5. The van der Waals surface area contributed by atoms with E-state index < -0.39 is 15.7 Å². The Morgan fingerprint density at radius 2 is 2.29 bits per heavy atom. The van der Waals surface area contributed by atoms with E-state index in [4.69, 9.17) is 0 Å². The van der Waals surface area contributed by atoms with Crippen LogP contribution in [0.2, 0.25) is 0 Å². The first-order valence-electron chi connectivity index (χ1n) is 7.26. The van der Waals surface area contributed by atoms with Crippen LogP contribution in [0.1, 0.15) is 38.2 Å². The number of nitrogens with zero attached hydrogens (tertiary/aromatic N) is 2. The molecule has 1 fully saturated rings. The minimum absolute atomic E-state index is 0.0363. The average Bonchev–Trinajstić information content (AvgIpc) is 2.46. The average molecular weight is 311 g/mol. The van der Waals surface area contributed by atoms with Crippen LogP contribution >= 0.6 is 0 Å². The van der Waals surface area contributed by atoms with Gasteiger partial charge in [0, 0.05) is 33.4 Å². The molecule has 0 bridgehead atoms. The van der Waals surface area contributed by atoms with Crippen molar-refractivity contribution in [2.75, 3.05) is 11.1 Å². The van der Waals surface area contributed by atoms with Crippen LogP contribution in [0.15, 0.2) is 12.3 Å². The van der Waals surface area contributed by atoms with Gasteiger partial charge in [0.25, 0.3) is 5.69 Å². The van der Waals surface area contributed by atoms with Crippen LogP contribution in [0, 0.1) is 17.0 Å². The molecule has 1 aromatic heterocycles. The van der Waals surface area contributed by atoms with Crippen LogP contribution in [0.3, 0.4) is 0 Å². The zero-order valence-corrected chi connectivity index (χ0v) is 13.2. The second kappa shape index (κ2) is 6.98. The fourth-order valence-electron chi connectivity index (χ4n) is 2.78. The van der Waals surface area contributed by atoms with Gasteiger partial charge in [-0.3, -0.25) is 14.3 Å². The molecule has 1 N–H and O–H groups in total. The molecule has 1 aliphatic carbocycles. The van der Waals surface area contributed by atoms with Crippen molar-refractivity contribution in [3.63, 3.8) is 0 Å². The highest BCUT2D eigenvalue weighted by Crippen LogP contribution is 2.26. The van der Waals surface area contributed by atoms with Gasteiger partial charge in [0.15, 0.2) is 0 Å². The third-order valence-electron chi connectivity index (χ3n) is 3.91. The van der Waals surface area contributed by atoms with E-state index in [0.29, 0.717) is 17.1 Å². The summed E-state index contributed by atoms with van der Waals surface area (Å²) < 4.78 is 11.9. The Balaban J connectivity index is 2.03. The molecule has 7 heteroatoms. The third-order valence-corrected chi connectivity index (χ3v) is 5.66. The first kappa shape index (κ1) is 15.9. The summed E-state index contributed by atoms with van der Waals surface area (Å²) in [5, 5.41) is 14.4. The molecule has 1 saturated carbocycles. The summed E-state index contributed by atoms with van der Waals surface area (Å²) in [5.41, 5.74) is 0.635. The summed E-state index contributed by atoms with van der Waals surface area (Å²) in [6.07, 6.45) is 5.26. The maximum atomic E-state index is 11.9. The Kier molecular flexibility index (Phi) is 5.27. The number of aromatic nitrogens is 1. The second-order valence-electron chi connectivity index (χ2n) is 5.41. The molecule has 0 saturated heterocycles. The Hall–Kier alpha value is -1.50. The van der Waals surface area contributed by atoms with Gasteiger partial charge in [-0.2, -0.15) is 0 Å². The molecule has 0 radical (unpaired) electrons. The van der Waals surface area contributed by atoms with Crippen molar-refractivity contribution in [2.24, 2.45) is 0 Å². The lowest BCUT2D eigenvalue weighted by Crippen LogP contribution is -2.33. The molecule has 0 amide bonds. The van der Waals surface area contributed by atoms with E-state index in [1.807, 2.05) is 6.92 Å². The van der Waals surface area contributed by atoms with E-state index in [2.05, 4.69) is 10.3 Å². The molecule has 1 aromatic rings. The zero-order valence-electron chi connectivity index (χ0n) is 12.4. The van der Waals surface area contributed by atoms with Gasteiger partial charge < -0.3 is 5.32 Å². The molecule has 21 heavy (non-hydrogen) atoms. The molecule has 6 nitrogen and oxygen atoms in total. The molecule has 1 aliphatic rings. The van der Waals surface area contributed by atoms with Crippen LogP contribution in [0.4, 0.5) is 11.5 Å². The summed E-state index contributed by atoms with van der Waals surface area (Å²) >= 11 is 0. The Bertz CT molecular complexity index is 550. The molecule has 1 heterocycles. The number of pyridine rings is 1. The van der Waals surface area contributed by atoms with E-state index in [1.165, 1.54) is 6.20 Å². The molecule has 0 aliphatic heterocycles. The van der Waals surface area contributed by atoms with Gasteiger partial charge in [-0.15, -0.1) is 0 Å². The lowest BCUT2D eigenvalue weighted by molar-refractivity contribution is -0.385. The van der Waals surface area contributed by atoms with Crippen LogP contribution in [-0.4, -0.2) is 31.2 Å². The van der Waals surface area contributed by atoms with Gasteiger partial charge in [0.05, 0.1) is 4.92 Å². The van der Waals surface area contributed by atoms with Gasteiger partial charge in [-0.25, -0.2) is 4.98 Å². The molecule has 2 rings (SSSR count). The maximum absolute atomic E-state index is 11.9. The van der Waals surface area contributed by atoms with Crippen LogP contribution < -0.4 is 5.32 Å². The smallest absolute Gasteiger partial charge is 0.290 e. The minimum Gasteiger partial charge on any atom is -0.367 e. The highest BCUT2D eigenvalue weighted by atomic mass is 32.2. The number of hydrogen-bond acceptors (Lipinski definition) is 5. The van der Waals surface area contributed by atoms with Crippen molar-refractivity contribution in [3.05, 3.63) is 27.9 Å². The Morgan fingerprint density at radius 1 is 1.52 bits per heavy atom. The lowest BCUT2D eigenvalue weighted by Gasteiger charge is -2.29. The second-order valence-corrected chi connectivity index (χ2v) is 7.42. The highest BCUT2D eigenvalue weighted by molar-refractivity contribution is 7.85. The zero-order chi connectivity index (χ0) is 15.4. The molecule has 3 unspecified atom stereocenters. The predicted molar refractivity (Wildman–Crippen MR) is 84.0 cm³/mol. The largest absolute Gasteiger partial charge is 0.367 e. The monoisotopic (exact) mass is 311 g/mol. The van der Waals surface area contributed by atoms with Crippen LogP contribution in [-0.2, 0) is 10.8 Å². The fraction of sp³-hybridized carbons (Fsp3) is 0.643. The SMILES string of the molecule is CCS(=O)C1CCCC(Nc2cc(C)c([N+](=O)[O-])cn2)C1. The van der Waals surface area contributed by atoms with Gasteiger partial charge in [-0.1, -0.05) is 13.3 Å². The quantitative estimate of drug-likeness (QED) is 0.667. The lowest BCUT2D eigenvalue weighted by atomic mass is 9.95. The van der Waals surface area contributed by atoms with Gasteiger partial charge in [0.2, 0.25) is 0 Å². The Labute approximate surface area is 127 Å². The van der Waals surface area contributed by atoms with E-state index in [-0.39, 0.29) is 17.0 Å². The maximum Gasteiger partial charge on any atom is 0.290 e. The molecule has 0 spiro atoms. The summed E-state index contributed by atoms with van der Waals surface area (Å²) in [6.45, 7) is 3.66. The molecular formula is C14H21N3O3S. The van der Waals surface area contributed by atoms with E-state index in [9.17, 15) is 14.3 Å². The van der Waals surface area contributed by atoms with Crippen molar-refractivity contribution >= 4 is 22.3 Å². The molecule has 0 aromatic carbocycles. The standard InChI is InChI=1S/C14H21N3O3S/c1-3-21(20)12-6-4-5-11(8-12)16-14-7-10(2)13(9-15-14)17(18)19/h7,9,11-12H,3-6,8H2,1-2H3,(H,15,16). The number of aryl methyl sites for hydroxylation is 1. The van der Waals surface area contributed by atoms with Crippen LogP contribution in [0.5, 0.6) is 0 Å². The molecule has 116 valence electrons. The van der Waals surface area contributed by atoms with E-state index >= 15 is 0 Å². The summed E-state index contributed by atoms with van der Waals surface area (Å²) in [7, 11) is -0.756. The highest BCUT2D eigenvalue weighted by Gasteiger charge is 2.25. The Morgan fingerprint density at radius 3 is 2.90 bits per heavy atom. The summed E-state index contributed by atoms with van der Waals surface area (Å²) in [4.78, 5) is 14.5. The summed E-state index contributed by atoms with van der Waals surface area (Å²) in [6, 6.07) is 1.95. The van der Waals surface area contributed by atoms with E-state index in [1.54, 1.807) is 13.0 Å². The third kappa shape index (κ3) is 4.00. The minimum atomic E-state index is -0.756.